The Labute approximate surface area is 135 Å². The van der Waals surface area contributed by atoms with Crippen LogP contribution in [0.25, 0.3) is 0 Å². The summed E-state index contributed by atoms with van der Waals surface area (Å²) >= 11 is 7.06. The van der Waals surface area contributed by atoms with E-state index in [1.54, 1.807) is 23.5 Å². The number of halogens is 2. The molecular weight excluding hydrogens is 357 g/mol. The largest absolute Gasteiger partial charge is 0.303 e. The fourth-order valence-electron chi connectivity index (χ4n) is 2.48. The van der Waals surface area contributed by atoms with Crippen LogP contribution >= 0.6 is 39.0 Å². The molecule has 2 heterocycles. The van der Waals surface area contributed by atoms with E-state index in [9.17, 15) is 4.39 Å². The highest BCUT2D eigenvalue weighted by Gasteiger charge is 2.23. The molecule has 0 saturated heterocycles. The van der Waals surface area contributed by atoms with Gasteiger partial charge < -0.3 is 5.32 Å². The van der Waals surface area contributed by atoms with Gasteiger partial charge in [-0.15, -0.1) is 23.1 Å². The van der Waals surface area contributed by atoms with Crippen LogP contribution in [-0.4, -0.2) is 5.75 Å². The minimum Gasteiger partial charge on any atom is -0.303 e. The van der Waals surface area contributed by atoms with E-state index in [0.29, 0.717) is 0 Å². The summed E-state index contributed by atoms with van der Waals surface area (Å²) in [6.45, 7) is 2.17. The van der Waals surface area contributed by atoms with Crippen LogP contribution in [0.15, 0.2) is 39.0 Å². The number of hydrogen-bond donors (Lipinski definition) is 1. The molecule has 0 fully saturated rings. The molecule has 2 aromatic rings. The molecule has 2 unspecified atom stereocenters. The molecule has 1 aromatic carbocycles. The summed E-state index contributed by atoms with van der Waals surface area (Å²) in [5.41, 5.74) is 1.10. The second-order valence-electron chi connectivity index (χ2n) is 4.90. The lowest BCUT2D eigenvalue weighted by molar-refractivity contribution is 0.451. The van der Waals surface area contributed by atoms with Crippen LogP contribution in [0.2, 0.25) is 0 Å². The minimum atomic E-state index is -0.149. The second-order valence-corrected chi connectivity index (χ2v) is 8.53. The van der Waals surface area contributed by atoms with Crippen molar-refractivity contribution in [3.63, 3.8) is 0 Å². The van der Waals surface area contributed by atoms with Gasteiger partial charge in [-0.05, 0) is 70.9 Å². The van der Waals surface area contributed by atoms with Gasteiger partial charge in [-0.3, -0.25) is 0 Å². The Hall–Kier alpha value is -0.360. The zero-order valence-corrected chi connectivity index (χ0v) is 14.2. The molecule has 0 bridgehead atoms. The first-order valence-electron chi connectivity index (χ1n) is 6.57. The molecule has 0 saturated carbocycles. The maximum atomic E-state index is 13.5. The number of rotatable bonds is 3. The SMILES string of the molecule is CC(NC1CCSc2ccc(F)cc21)c1ccc(Br)s1. The lowest BCUT2D eigenvalue weighted by atomic mass is 10.0. The Bertz CT molecular complexity index is 614. The van der Waals surface area contributed by atoms with Gasteiger partial charge in [0.15, 0.2) is 0 Å². The first-order chi connectivity index (χ1) is 9.63. The van der Waals surface area contributed by atoms with Crippen molar-refractivity contribution in [2.24, 2.45) is 0 Å². The average molecular weight is 372 g/mol. The van der Waals surface area contributed by atoms with Crippen LogP contribution in [0.5, 0.6) is 0 Å². The summed E-state index contributed by atoms with van der Waals surface area (Å²) in [6, 6.07) is 9.84. The first-order valence-corrected chi connectivity index (χ1v) is 9.16. The molecule has 1 aliphatic heterocycles. The highest BCUT2D eigenvalue weighted by atomic mass is 79.9. The normalized spacial score (nSPS) is 19.6. The summed E-state index contributed by atoms with van der Waals surface area (Å²) in [5.74, 6) is 0.932. The minimum absolute atomic E-state index is 0.149. The lowest BCUT2D eigenvalue weighted by Gasteiger charge is -2.28. The van der Waals surface area contributed by atoms with Gasteiger partial charge in [0, 0.05) is 21.9 Å². The molecule has 20 heavy (non-hydrogen) atoms. The van der Waals surface area contributed by atoms with Gasteiger partial charge in [-0.1, -0.05) is 0 Å². The number of thioether (sulfide) groups is 1. The molecule has 5 heteroatoms. The van der Waals surface area contributed by atoms with Crippen molar-refractivity contribution in [1.29, 1.82) is 0 Å². The molecule has 1 nitrogen and oxygen atoms in total. The van der Waals surface area contributed by atoms with Crippen molar-refractivity contribution in [3.8, 4) is 0 Å². The van der Waals surface area contributed by atoms with Crippen molar-refractivity contribution >= 4 is 39.0 Å². The van der Waals surface area contributed by atoms with Crippen molar-refractivity contribution in [2.75, 3.05) is 5.75 Å². The predicted octanol–water partition coefficient (Wildman–Crippen LogP) is 5.54. The highest BCUT2D eigenvalue weighted by molar-refractivity contribution is 9.11. The van der Waals surface area contributed by atoms with E-state index in [1.807, 2.05) is 17.8 Å². The summed E-state index contributed by atoms with van der Waals surface area (Å²) in [6.07, 6.45) is 1.04. The van der Waals surface area contributed by atoms with E-state index in [-0.39, 0.29) is 17.9 Å². The topological polar surface area (TPSA) is 12.0 Å². The molecule has 1 N–H and O–H groups in total. The molecular formula is C15H15BrFNS2. The van der Waals surface area contributed by atoms with Crippen molar-refractivity contribution in [1.82, 2.24) is 5.32 Å². The molecule has 1 aliphatic rings. The van der Waals surface area contributed by atoms with Gasteiger partial charge in [0.2, 0.25) is 0 Å². The van der Waals surface area contributed by atoms with Crippen LogP contribution in [0.3, 0.4) is 0 Å². The quantitative estimate of drug-likeness (QED) is 0.760. The molecule has 0 aliphatic carbocycles. The van der Waals surface area contributed by atoms with E-state index < -0.39 is 0 Å². The molecule has 106 valence electrons. The number of thiophene rings is 1. The van der Waals surface area contributed by atoms with Crippen molar-refractivity contribution in [3.05, 3.63) is 50.4 Å². The Morgan fingerprint density at radius 1 is 1.35 bits per heavy atom. The van der Waals surface area contributed by atoms with Gasteiger partial charge in [0.05, 0.1) is 3.79 Å². The predicted molar refractivity (Wildman–Crippen MR) is 88.1 cm³/mol. The summed E-state index contributed by atoms with van der Waals surface area (Å²) in [4.78, 5) is 2.50. The van der Waals surface area contributed by atoms with Crippen LogP contribution in [-0.2, 0) is 0 Å². The average Bonchev–Trinajstić information content (AvgIpc) is 2.86. The maximum Gasteiger partial charge on any atom is 0.123 e. The fourth-order valence-corrected chi connectivity index (χ4v) is 5.02. The van der Waals surface area contributed by atoms with E-state index in [0.717, 1.165) is 21.5 Å². The second kappa shape index (κ2) is 6.18. The number of nitrogens with one attached hydrogen (secondary N) is 1. The highest BCUT2D eigenvalue weighted by Crippen LogP contribution is 2.38. The molecule has 0 spiro atoms. The summed E-state index contributed by atoms with van der Waals surface area (Å²) in [7, 11) is 0. The van der Waals surface area contributed by atoms with Gasteiger partial charge >= 0.3 is 0 Å². The Balaban J connectivity index is 1.80. The third kappa shape index (κ3) is 3.11. The monoisotopic (exact) mass is 371 g/mol. The zero-order chi connectivity index (χ0) is 14.1. The first kappa shape index (κ1) is 14.6. The van der Waals surface area contributed by atoms with E-state index >= 15 is 0 Å². The standard InChI is InChI=1S/C15H15BrFNS2/c1-9(13-4-5-15(16)20-13)18-12-6-7-19-14-3-2-10(17)8-11(12)14/h2-5,8-9,12,18H,6-7H2,1H3. The van der Waals surface area contributed by atoms with Gasteiger partial charge in [-0.2, -0.15) is 0 Å². The number of fused-ring (bicyclic) bond motifs is 1. The lowest BCUT2D eigenvalue weighted by Crippen LogP contribution is -2.27. The van der Waals surface area contributed by atoms with Crippen molar-refractivity contribution in [2.45, 2.75) is 30.3 Å². The van der Waals surface area contributed by atoms with E-state index in [2.05, 4.69) is 40.3 Å². The zero-order valence-electron chi connectivity index (χ0n) is 11.0. The smallest absolute Gasteiger partial charge is 0.123 e. The van der Waals surface area contributed by atoms with Crippen LogP contribution in [0, 0.1) is 5.82 Å². The van der Waals surface area contributed by atoms with Crippen LogP contribution < -0.4 is 5.32 Å². The van der Waals surface area contributed by atoms with E-state index in [4.69, 9.17) is 0 Å². The molecule has 1 aromatic heterocycles. The Kier molecular flexibility index (Phi) is 4.50. The van der Waals surface area contributed by atoms with Crippen molar-refractivity contribution < 1.29 is 4.39 Å². The third-order valence-corrected chi connectivity index (χ3v) is 6.41. The van der Waals surface area contributed by atoms with Gasteiger partial charge in [0.1, 0.15) is 5.82 Å². The number of hydrogen-bond acceptors (Lipinski definition) is 3. The van der Waals surface area contributed by atoms with Crippen LogP contribution in [0.1, 0.15) is 35.9 Å². The van der Waals surface area contributed by atoms with Crippen LogP contribution in [0.4, 0.5) is 4.39 Å². The molecule has 0 amide bonds. The number of benzene rings is 1. The van der Waals surface area contributed by atoms with Gasteiger partial charge in [-0.25, -0.2) is 4.39 Å². The third-order valence-electron chi connectivity index (χ3n) is 3.48. The summed E-state index contributed by atoms with van der Waals surface area (Å²) < 4.78 is 14.6. The van der Waals surface area contributed by atoms with E-state index in [1.165, 1.54) is 9.77 Å². The van der Waals surface area contributed by atoms with Gasteiger partial charge in [0.25, 0.3) is 0 Å². The fraction of sp³-hybridized carbons (Fsp3) is 0.333. The summed E-state index contributed by atoms with van der Waals surface area (Å²) in [5, 5.41) is 3.64. The molecule has 2 atom stereocenters. The molecule has 3 rings (SSSR count). The molecule has 0 radical (unpaired) electrons. The maximum absolute atomic E-state index is 13.5. The Morgan fingerprint density at radius 3 is 2.95 bits per heavy atom. The Morgan fingerprint density at radius 2 is 2.20 bits per heavy atom.